The predicted molar refractivity (Wildman–Crippen MR) is 107 cm³/mol. The van der Waals surface area contributed by atoms with E-state index in [0.29, 0.717) is 17.2 Å². The van der Waals surface area contributed by atoms with Crippen LogP contribution in [-0.2, 0) is 4.79 Å². The van der Waals surface area contributed by atoms with E-state index in [1.165, 1.54) is 13.1 Å². The number of nitrogens with one attached hydrogen (secondary N) is 2. The molecule has 0 aliphatic carbocycles. The summed E-state index contributed by atoms with van der Waals surface area (Å²) in [5.74, 6) is -0.184. The van der Waals surface area contributed by atoms with Gasteiger partial charge in [0.1, 0.15) is 5.56 Å². The van der Waals surface area contributed by atoms with Gasteiger partial charge in [-0.2, -0.15) is 4.98 Å². The number of aromatic nitrogens is 3. The number of hydrogen-bond donors (Lipinski definition) is 3. The summed E-state index contributed by atoms with van der Waals surface area (Å²) in [7, 11) is 1.76. The standard InChI is InChI=1S/C19H19N7O2/c1-12(27)23-13-5-3-6-14(9-13)24-19-22-11-16(17(20)28)18(25-19)26(2)15-7-4-8-21-10-15/h3-11H,1-2H3,(H2,20,28)(H,23,27)(H,22,24,25). The molecule has 28 heavy (non-hydrogen) atoms. The highest BCUT2D eigenvalue weighted by molar-refractivity contribution is 5.98. The Morgan fingerprint density at radius 2 is 1.89 bits per heavy atom. The molecule has 9 heteroatoms. The van der Waals surface area contributed by atoms with E-state index >= 15 is 0 Å². The Bertz CT molecular complexity index is 1010. The van der Waals surface area contributed by atoms with Gasteiger partial charge in [0.05, 0.1) is 11.9 Å². The monoisotopic (exact) mass is 377 g/mol. The van der Waals surface area contributed by atoms with E-state index in [9.17, 15) is 9.59 Å². The molecule has 0 aliphatic rings. The topological polar surface area (TPSA) is 126 Å². The van der Waals surface area contributed by atoms with Gasteiger partial charge in [-0.25, -0.2) is 4.98 Å². The summed E-state index contributed by atoms with van der Waals surface area (Å²) in [5, 5.41) is 5.77. The number of hydrogen-bond acceptors (Lipinski definition) is 7. The van der Waals surface area contributed by atoms with Crippen LogP contribution in [0, 0.1) is 0 Å². The van der Waals surface area contributed by atoms with Crippen molar-refractivity contribution in [3.63, 3.8) is 0 Å². The van der Waals surface area contributed by atoms with Crippen LogP contribution in [-0.4, -0.2) is 33.8 Å². The molecule has 2 aromatic heterocycles. The molecule has 0 aliphatic heterocycles. The minimum absolute atomic E-state index is 0.167. The highest BCUT2D eigenvalue weighted by Crippen LogP contribution is 2.26. The zero-order valence-electron chi connectivity index (χ0n) is 15.4. The molecule has 3 rings (SSSR count). The Hall–Kier alpha value is -4.01. The lowest BCUT2D eigenvalue weighted by molar-refractivity contribution is -0.114. The number of nitrogens with two attached hydrogens (primary N) is 1. The van der Waals surface area contributed by atoms with Crippen molar-refractivity contribution in [2.45, 2.75) is 6.92 Å². The first-order valence-electron chi connectivity index (χ1n) is 8.39. The van der Waals surface area contributed by atoms with Gasteiger partial charge in [-0.3, -0.25) is 14.6 Å². The number of pyridine rings is 1. The van der Waals surface area contributed by atoms with Crippen molar-refractivity contribution in [2.24, 2.45) is 5.73 Å². The highest BCUT2D eigenvalue weighted by atomic mass is 16.1. The van der Waals surface area contributed by atoms with Gasteiger partial charge < -0.3 is 21.3 Å². The third-order valence-corrected chi connectivity index (χ3v) is 3.82. The Morgan fingerprint density at radius 1 is 1.11 bits per heavy atom. The van der Waals surface area contributed by atoms with Gasteiger partial charge in [0, 0.05) is 37.7 Å². The van der Waals surface area contributed by atoms with Gasteiger partial charge >= 0.3 is 0 Å². The quantitative estimate of drug-likeness (QED) is 0.602. The summed E-state index contributed by atoms with van der Waals surface area (Å²) < 4.78 is 0. The molecule has 0 saturated heterocycles. The van der Waals surface area contributed by atoms with Crippen LogP contribution < -0.4 is 21.3 Å². The Labute approximate surface area is 161 Å². The zero-order chi connectivity index (χ0) is 20.1. The van der Waals surface area contributed by atoms with E-state index in [0.717, 1.165) is 5.69 Å². The van der Waals surface area contributed by atoms with Crippen LogP contribution in [0.4, 0.5) is 28.8 Å². The van der Waals surface area contributed by atoms with Gasteiger partial charge in [0.25, 0.3) is 5.91 Å². The Morgan fingerprint density at radius 3 is 2.57 bits per heavy atom. The molecule has 2 heterocycles. The number of nitrogens with zero attached hydrogens (tertiary/aromatic N) is 4. The van der Waals surface area contributed by atoms with Crippen LogP contribution in [0.25, 0.3) is 0 Å². The summed E-state index contributed by atoms with van der Waals surface area (Å²) >= 11 is 0. The van der Waals surface area contributed by atoms with Crippen LogP contribution in [0.3, 0.4) is 0 Å². The summed E-state index contributed by atoms with van der Waals surface area (Å²) in [6.07, 6.45) is 4.68. The normalized spacial score (nSPS) is 10.2. The summed E-state index contributed by atoms with van der Waals surface area (Å²) in [4.78, 5) is 37.4. The molecule has 4 N–H and O–H groups in total. The summed E-state index contributed by atoms with van der Waals surface area (Å²) in [5.41, 5.74) is 7.71. The molecule has 0 atom stereocenters. The smallest absolute Gasteiger partial charge is 0.254 e. The lowest BCUT2D eigenvalue weighted by Crippen LogP contribution is -2.21. The van der Waals surface area contributed by atoms with Crippen molar-refractivity contribution >= 4 is 40.6 Å². The zero-order valence-corrected chi connectivity index (χ0v) is 15.4. The molecule has 0 spiro atoms. The van der Waals surface area contributed by atoms with E-state index in [-0.39, 0.29) is 17.4 Å². The van der Waals surface area contributed by atoms with Crippen LogP contribution in [0.2, 0.25) is 0 Å². The lowest BCUT2D eigenvalue weighted by atomic mass is 10.2. The number of carbonyl (C=O) groups excluding carboxylic acids is 2. The van der Waals surface area contributed by atoms with E-state index in [1.54, 1.807) is 54.7 Å². The van der Waals surface area contributed by atoms with Crippen molar-refractivity contribution in [1.29, 1.82) is 0 Å². The minimum atomic E-state index is -0.634. The van der Waals surface area contributed by atoms with E-state index in [2.05, 4.69) is 25.6 Å². The maximum Gasteiger partial charge on any atom is 0.254 e. The van der Waals surface area contributed by atoms with Crippen molar-refractivity contribution in [3.05, 3.63) is 60.6 Å². The van der Waals surface area contributed by atoms with Crippen LogP contribution in [0.1, 0.15) is 17.3 Å². The maximum absolute atomic E-state index is 11.8. The van der Waals surface area contributed by atoms with Gasteiger partial charge in [-0.1, -0.05) is 6.07 Å². The molecule has 0 fully saturated rings. The molecule has 2 amide bonds. The first kappa shape index (κ1) is 18.8. The lowest BCUT2D eigenvalue weighted by Gasteiger charge is -2.20. The third kappa shape index (κ3) is 4.39. The fraction of sp³-hybridized carbons (Fsp3) is 0.105. The maximum atomic E-state index is 11.8. The molecule has 0 saturated carbocycles. The Kier molecular flexibility index (Phi) is 5.45. The van der Waals surface area contributed by atoms with E-state index < -0.39 is 5.91 Å². The highest BCUT2D eigenvalue weighted by Gasteiger charge is 2.17. The number of benzene rings is 1. The average molecular weight is 377 g/mol. The second-order valence-corrected chi connectivity index (χ2v) is 5.95. The molecule has 0 bridgehead atoms. The van der Waals surface area contributed by atoms with Crippen LogP contribution in [0.15, 0.2) is 55.0 Å². The largest absolute Gasteiger partial charge is 0.365 e. The third-order valence-electron chi connectivity index (χ3n) is 3.82. The second-order valence-electron chi connectivity index (χ2n) is 5.95. The van der Waals surface area contributed by atoms with Crippen LogP contribution in [0.5, 0.6) is 0 Å². The molecule has 1 aromatic carbocycles. The molecule has 142 valence electrons. The number of carbonyl (C=O) groups is 2. The summed E-state index contributed by atoms with van der Waals surface area (Å²) in [6, 6.07) is 10.7. The SMILES string of the molecule is CC(=O)Nc1cccc(Nc2ncc(C(N)=O)c(N(C)c3cccnc3)n2)c1. The van der Waals surface area contributed by atoms with Gasteiger partial charge in [0.15, 0.2) is 5.82 Å². The first-order valence-corrected chi connectivity index (χ1v) is 8.39. The molecule has 0 radical (unpaired) electrons. The molecular weight excluding hydrogens is 358 g/mol. The molecule has 0 unspecified atom stereocenters. The second kappa shape index (κ2) is 8.12. The van der Waals surface area contributed by atoms with Gasteiger partial charge in [-0.15, -0.1) is 0 Å². The van der Waals surface area contributed by atoms with Crippen LogP contribution >= 0.6 is 0 Å². The van der Waals surface area contributed by atoms with E-state index in [4.69, 9.17) is 5.73 Å². The van der Waals surface area contributed by atoms with Crippen molar-refractivity contribution < 1.29 is 9.59 Å². The molecule has 9 nitrogen and oxygen atoms in total. The first-order chi connectivity index (χ1) is 13.4. The van der Waals surface area contributed by atoms with Gasteiger partial charge in [-0.05, 0) is 30.3 Å². The fourth-order valence-electron chi connectivity index (χ4n) is 2.54. The fourth-order valence-corrected chi connectivity index (χ4v) is 2.54. The van der Waals surface area contributed by atoms with Gasteiger partial charge in [0.2, 0.25) is 11.9 Å². The molecule has 3 aromatic rings. The summed E-state index contributed by atoms with van der Waals surface area (Å²) in [6.45, 7) is 1.44. The number of amides is 2. The number of anilines is 5. The molecular formula is C19H19N7O2. The predicted octanol–water partition coefficient (Wildman–Crippen LogP) is 2.44. The van der Waals surface area contributed by atoms with Crippen molar-refractivity contribution in [3.8, 4) is 0 Å². The van der Waals surface area contributed by atoms with Crippen molar-refractivity contribution in [2.75, 3.05) is 22.6 Å². The Balaban J connectivity index is 1.93. The number of primary amides is 1. The van der Waals surface area contributed by atoms with Crippen molar-refractivity contribution in [1.82, 2.24) is 15.0 Å². The number of rotatable bonds is 6. The van der Waals surface area contributed by atoms with E-state index in [1.807, 2.05) is 6.07 Å². The minimum Gasteiger partial charge on any atom is -0.365 e. The average Bonchev–Trinajstić information content (AvgIpc) is 2.67.